The maximum Gasteiger partial charge on any atom is 0.255 e. The molecule has 1 heterocycles. The lowest BCUT2D eigenvalue weighted by Gasteiger charge is -2.37. The number of anilines is 3. The minimum Gasteiger partial charge on any atom is -0.368 e. The van der Waals surface area contributed by atoms with Crippen LogP contribution in [0.1, 0.15) is 36.7 Å². The lowest BCUT2D eigenvalue weighted by Crippen LogP contribution is -2.47. The van der Waals surface area contributed by atoms with Crippen molar-refractivity contribution in [3.05, 3.63) is 88.7 Å². The third-order valence-corrected chi connectivity index (χ3v) is 6.29. The number of piperazine rings is 1. The number of nitrogens with one attached hydrogen (secondary N) is 1. The molecule has 0 atom stereocenters. The number of carbonyl (C=O) groups is 1. The van der Waals surface area contributed by atoms with Gasteiger partial charge in [0.15, 0.2) is 23.3 Å². The molecule has 1 aliphatic heterocycles. The van der Waals surface area contributed by atoms with Crippen molar-refractivity contribution in [3.63, 3.8) is 0 Å². The van der Waals surface area contributed by atoms with E-state index in [9.17, 15) is 26.7 Å². The molecule has 0 radical (unpaired) electrons. The fourth-order valence-corrected chi connectivity index (χ4v) is 4.14. The number of rotatable bonds is 4. The zero-order chi connectivity index (χ0) is 26.2. The SMILES string of the molecule is CC(C)(C)c1ccc(C(=O)Nc2ccc(N3CCN(c4c(F)c(F)c(F)c(F)c4F)CC3)cc2)cc1. The molecule has 1 fully saturated rings. The highest BCUT2D eigenvalue weighted by Gasteiger charge is 2.30. The van der Waals surface area contributed by atoms with Gasteiger partial charge in [-0.3, -0.25) is 4.79 Å². The van der Waals surface area contributed by atoms with Gasteiger partial charge in [-0.1, -0.05) is 32.9 Å². The first-order valence-corrected chi connectivity index (χ1v) is 11.5. The molecule has 0 saturated carbocycles. The van der Waals surface area contributed by atoms with Crippen LogP contribution in [0.25, 0.3) is 0 Å². The largest absolute Gasteiger partial charge is 0.368 e. The summed E-state index contributed by atoms with van der Waals surface area (Å²) in [4.78, 5) is 15.7. The Morgan fingerprint density at radius 3 is 1.67 bits per heavy atom. The molecule has 1 saturated heterocycles. The summed E-state index contributed by atoms with van der Waals surface area (Å²) in [7, 11) is 0. The highest BCUT2D eigenvalue weighted by atomic mass is 19.2. The Hall–Kier alpha value is -3.62. The molecule has 190 valence electrons. The first-order chi connectivity index (χ1) is 17.0. The summed E-state index contributed by atoms with van der Waals surface area (Å²) in [6, 6.07) is 14.5. The minimum absolute atomic E-state index is 0.00988. The minimum atomic E-state index is -2.17. The van der Waals surface area contributed by atoms with Gasteiger partial charge in [0.25, 0.3) is 5.91 Å². The molecule has 0 aromatic heterocycles. The van der Waals surface area contributed by atoms with Crippen molar-refractivity contribution in [2.45, 2.75) is 26.2 Å². The van der Waals surface area contributed by atoms with E-state index in [2.05, 4.69) is 26.1 Å². The highest BCUT2D eigenvalue weighted by Crippen LogP contribution is 2.31. The summed E-state index contributed by atoms with van der Waals surface area (Å²) < 4.78 is 68.8. The molecule has 1 aliphatic rings. The normalized spacial score (nSPS) is 14.2. The van der Waals surface area contributed by atoms with Gasteiger partial charge in [-0.25, -0.2) is 22.0 Å². The smallest absolute Gasteiger partial charge is 0.255 e. The summed E-state index contributed by atoms with van der Waals surface area (Å²) >= 11 is 0. The number of halogens is 5. The Labute approximate surface area is 206 Å². The molecule has 0 bridgehead atoms. The van der Waals surface area contributed by atoms with Crippen LogP contribution in [-0.4, -0.2) is 32.1 Å². The third-order valence-electron chi connectivity index (χ3n) is 6.29. The summed E-state index contributed by atoms with van der Waals surface area (Å²) in [5, 5.41) is 2.85. The van der Waals surface area contributed by atoms with Crippen LogP contribution < -0.4 is 15.1 Å². The summed E-state index contributed by atoms with van der Waals surface area (Å²) in [6.07, 6.45) is 0. The second-order valence-electron chi connectivity index (χ2n) is 9.72. The van der Waals surface area contributed by atoms with E-state index in [1.54, 1.807) is 36.4 Å². The molecule has 1 N–H and O–H groups in total. The average molecular weight is 504 g/mol. The van der Waals surface area contributed by atoms with Crippen LogP contribution in [0.4, 0.5) is 39.0 Å². The van der Waals surface area contributed by atoms with Gasteiger partial charge in [0.05, 0.1) is 0 Å². The predicted molar refractivity (Wildman–Crippen MR) is 130 cm³/mol. The lowest BCUT2D eigenvalue weighted by molar-refractivity contribution is 0.102. The lowest BCUT2D eigenvalue weighted by atomic mass is 9.87. The highest BCUT2D eigenvalue weighted by molar-refractivity contribution is 6.04. The number of hydrogen-bond donors (Lipinski definition) is 1. The molecule has 0 aliphatic carbocycles. The van der Waals surface area contributed by atoms with Gasteiger partial charge < -0.3 is 15.1 Å². The van der Waals surface area contributed by atoms with Crippen LogP contribution >= 0.6 is 0 Å². The van der Waals surface area contributed by atoms with E-state index in [1.807, 2.05) is 17.0 Å². The molecule has 3 aromatic rings. The molecular weight excluding hydrogens is 477 g/mol. The van der Waals surface area contributed by atoms with Gasteiger partial charge in [-0.05, 0) is 47.4 Å². The fourth-order valence-electron chi connectivity index (χ4n) is 4.14. The Balaban J connectivity index is 1.39. The first kappa shape index (κ1) is 25.5. The zero-order valence-corrected chi connectivity index (χ0v) is 20.1. The predicted octanol–water partition coefficient (Wildman–Crippen LogP) is 6.26. The van der Waals surface area contributed by atoms with Gasteiger partial charge in [-0.15, -0.1) is 0 Å². The Kier molecular flexibility index (Phi) is 6.93. The average Bonchev–Trinajstić information content (AvgIpc) is 2.87. The fraction of sp³-hybridized carbons (Fsp3) is 0.296. The zero-order valence-electron chi connectivity index (χ0n) is 20.1. The molecule has 36 heavy (non-hydrogen) atoms. The van der Waals surface area contributed by atoms with Crippen molar-refractivity contribution in [2.24, 2.45) is 0 Å². The van der Waals surface area contributed by atoms with E-state index in [-0.39, 0.29) is 24.4 Å². The van der Waals surface area contributed by atoms with Crippen LogP contribution in [0.3, 0.4) is 0 Å². The van der Waals surface area contributed by atoms with Gasteiger partial charge in [0, 0.05) is 43.1 Å². The van der Waals surface area contributed by atoms with Gasteiger partial charge >= 0.3 is 0 Å². The van der Waals surface area contributed by atoms with E-state index < -0.39 is 34.8 Å². The van der Waals surface area contributed by atoms with E-state index in [4.69, 9.17) is 0 Å². The maximum absolute atomic E-state index is 14.1. The van der Waals surface area contributed by atoms with E-state index in [1.165, 1.54) is 0 Å². The van der Waals surface area contributed by atoms with Crippen molar-refractivity contribution < 1.29 is 26.7 Å². The Morgan fingerprint density at radius 2 is 1.17 bits per heavy atom. The summed E-state index contributed by atoms with van der Waals surface area (Å²) in [5.41, 5.74) is 2.16. The Bertz CT molecular complexity index is 1230. The van der Waals surface area contributed by atoms with Crippen molar-refractivity contribution in [3.8, 4) is 0 Å². The quantitative estimate of drug-likeness (QED) is 0.259. The second-order valence-corrected chi connectivity index (χ2v) is 9.72. The van der Waals surface area contributed by atoms with E-state index in [0.29, 0.717) is 24.3 Å². The van der Waals surface area contributed by atoms with E-state index in [0.717, 1.165) is 16.2 Å². The Morgan fingerprint density at radius 1 is 0.694 bits per heavy atom. The summed E-state index contributed by atoms with van der Waals surface area (Å²) in [5.74, 6) is -9.95. The van der Waals surface area contributed by atoms with Crippen LogP contribution in [0.5, 0.6) is 0 Å². The molecule has 1 amide bonds. The van der Waals surface area contributed by atoms with Crippen molar-refractivity contribution >= 4 is 23.0 Å². The van der Waals surface area contributed by atoms with Crippen molar-refractivity contribution in [2.75, 3.05) is 41.3 Å². The first-order valence-electron chi connectivity index (χ1n) is 11.5. The van der Waals surface area contributed by atoms with Crippen molar-refractivity contribution in [1.82, 2.24) is 0 Å². The van der Waals surface area contributed by atoms with Gasteiger partial charge in [0.2, 0.25) is 5.82 Å². The van der Waals surface area contributed by atoms with Crippen molar-refractivity contribution in [1.29, 1.82) is 0 Å². The van der Waals surface area contributed by atoms with E-state index >= 15 is 0 Å². The number of amides is 1. The molecule has 4 rings (SSSR count). The van der Waals surface area contributed by atoms with Crippen LogP contribution in [0, 0.1) is 29.1 Å². The number of carbonyl (C=O) groups excluding carboxylic acids is 1. The topological polar surface area (TPSA) is 35.6 Å². The number of nitrogens with zero attached hydrogens (tertiary/aromatic N) is 2. The number of hydrogen-bond acceptors (Lipinski definition) is 3. The molecule has 0 unspecified atom stereocenters. The van der Waals surface area contributed by atoms with Crippen LogP contribution in [0.15, 0.2) is 48.5 Å². The van der Waals surface area contributed by atoms with Crippen LogP contribution in [-0.2, 0) is 5.41 Å². The maximum atomic E-state index is 14.1. The standard InChI is InChI=1S/C27H26F5N3O/c1-27(2,3)17-6-4-16(5-7-17)26(36)33-18-8-10-19(11-9-18)34-12-14-35(15-13-34)25-23(31)21(29)20(28)22(30)24(25)32/h4-11H,12-15H2,1-3H3,(H,33,36). The summed E-state index contributed by atoms with van der Waals surface area (Å²) in [6.45, 7) is 7.06. The molecule has 4 nitrogen and oxygen atoms in total. The van der Waals surface area contributed by atoms with Crippen LogP contribution in [0.2, 0.25) is 0 Å². The molecular formula is C27H26F5N3O. The number of benzene rings is 3. The monoisotopic (exact) mass is 503 g/mol. The van der Waals surface area contributed by atoms with Gasteiger partial charge in [-0.2, -0.15) is 0 Å². The molecule has 0 spiro atoms. The third kappa shape index (κ3) is 5.01. The van der Waals surface area contributed by atoms with Gasteiger partial charge in [0.1, 0.15) is 5.69 Å². The molecule has 3 aromatic carbocycles. The molecule has 9 heteroatoms. The second kappa shape index (κ2) is 9.79.